The molecule has 0 aliphatic rings. The van der Waals surface area contributed by atoms with E-state index < -0.39 is 7.14 Å². The van der Waals surface area contributed by atoms with Gasteiger partial charge in [0, 0.05) is 53.1 Å². The first kappa shape index (κ1) is 23.7. The van der Waals surface area contributed by atoms with Crippen LogP contribution in [0.4, 0.5) is 0 Å². The van der Waals surface area contributed by atoms with Crippen molar-refractivity contribution >= 4 is 23.1 Å². The minimum Gasteiger partial charge on any atom is -0.309 e. The van der Waals surface area contributed by atoms with E-state index in [2.05, 4.69) is 15.0 Å². The van der Waals surface area contributed by atoms with Gasteiger partial charge >= 0.3 is 0 Å². The SMILES string of the molecule is O=P(c1ccc(-c2ccncc2)cc1)(c1ccc(-c2ccncc2)cc1)c1ccc(-c2ccncc2)cc1. The minimum absolute atomic E-state index is 0.795. The average Bonchev–Trinajstić information content (AvgIpc) is 3.02. The van der Waals surface area contributed by atoms with Crippen LogP contribution in [-0.4, -0.2) is 15.0 Å². The Morgan fingerprint density at radius 2 is 0.526 bits per heavy atom. The molecule has 182 valence electrons. The van der Waals surface area contributed by atoms with Crippen LogP contribution in [0, 0.1) is 0 Å². The predicted octanol–water partition coefficient (Wildman–Crippen LogP) is 6.51. The van der Waals surface area contributed by atoms with Gasteiger partial charge in [-0.1, -0.05) is 72.8 Å². The Bertz CT molecular complexity index is 1480. The summed E-state index contributed by atoms with van der Waals surface area (Å²) in [5, 5.41) is 2.39. The number of benzene rings is 3. The van der Waals surface area contributed by atoms with Crippen molar-refractivity contribution in [3.63, 3.8) is 0 Å². The molecule has 4 nitrogen and oxygen atoms in total. The smallest absolute Gasteiger partial charge is 0.171 e. The molecule has 0 atom stereocenters. The molecule has 6 rings (SSSR count). The molecular weight excluding hydrogens is 485 g/mol. The molecule has 0 saturated heterocycles. The zero-order valence-corrected chi connectivity index (χ0v) is 21.4. The highest BCUT2D eigenvalue weighted by Gasteiger charge is 2.30. The lowest BCUT2D eigenvalue weighted by Crippen LogP contribution is -2.25. The molecule has 0 aliphatic heterocycles. The van der Waals surface area contributed by atoms with Crippen LogP contribution in [0.5, 0.6) is 0 Å². The fourth-order valence-corrected chi connectivity index (χ4v) is 7.27. The summed E-state index contributed by atoms with van der Waals surface area (Å²) in [5.74, 6) is 0. The van der Waals surface area contributed by atoms with E-state index in [9.17, 15) is 0 Å². The monoisotopic (exact) mass is 509 g/mol. The van der Waals surface area contributed by atoms with Crippen molar-refractivity contribution in [3.05, 3.63) is 146 Å². The molecule has 0 unspecified atom stereocenters. The van der Waals surface area contributed by atoms with Crippen LogP contribution in [-0.2, 0) is 4.57 Å². The molecule has 0 amide bonds. The zero-order chi connectivity index (χ0) is 25.8. The van der Waals surface area contributed by atoms with Gasteiger partial charge in [-0.3, -0.25) is 15.0 Å². The first-order chi connectivity index (χ1) is 18.7. The fourth-order valence-electron chi connectivity index (χ4n) is 4.67. The first-order valence-corrected chi connectivity index (χ1v) is 14.1. The van der Waals surface area contributed by atoms with Gasteiger partial charge in [0.25, 0.3) is 0 Å². The Hall–Kier alpha value is -4.66. The van der Waals surface area contributed by atoms with Crippen molar-refractivity contribution in [2.24, 2.45) is 0 Å². The van der Waals surface area contributed by atoms with Crippen LogP contribution in [0.3, 0.4) is 0 Å². The summed E-state index contributed by atoms with van der Waals surface area (Å²) in [4.78, 5) is 12.3. The normalized spacial score (nSPS) is 11.3. The van der Waals surface area contributed by atoms with E-state index in [1.54, 1.807) is 37.2 Å². The predicted molar refractivity (Wildman–Crippen MR) is 156 cm³/mol. The highest BCUT2D eigenvalue weighted by molar-refractivity contribution is 7.85. The second-order valence-corrected chi connectivity index (χ2v) is 11.7. The Balaban J connectivity index is 1.44. The summed E-state index contributed by atoms with van der Waals surface area (Å²) < 4.78 is 15.1. The van der Waals surface area contributed by atoms with Crippen molar-refractivity contribution in [1.29, 1.82) is 0 Å². The van der Waals surface area contributed by atoms with Gasteiger partial charge in [-0.05, 0) is 69.8 Å². The van der Waals surface area contributed by atoms with Crippen LogP contribution in [0.2, 0.25) is 0 Å². The second-order valence-electron chi connectivity index (χ2n) is 8.96. The Kier molecular flexibility index (Phi) is 6.47. The highest BCUT2D eigenvalue weighted by Crippen LogP contribution is 2.43. The van der Waals surface area contributed by atoms with E-state index in [1.165, 1.54) is 0 Å². The molecule has 0 fully saturated rings. The van der Waals surface area contributed by atoms with Crippen LogP contribution in [0.1, 0.15) is 0 Å². The number of hydrogen-bond donors (Lipinski definition) is 0. The molecule has 0 spiro atoms. The Morgan fingerprint density at radius 3 is 0.763 bits per heavy atom. The van der Waals surface area contributed by atoms with E-state index in [1.807, 2.05) is 109 Å². The molecule has 0 saturated carbocycles. The first-order valence-electron chi connectivity index (χ1n) is 12.3. The van der Waals surface area contributed by atoms with E-state index in [0.717, 1.165) is 49.3 Å². The third-order valence-electron chi connectivity index (χ3n) is 6.73. The lowest BCUT2D eigenvalue weighted by molar-refractivity contribution is 0.592. The van der Waals surface area contributed by atoms with Crippen molar-refractivity contribution in [3.8, 4) is 33.4 Å². The van der Waals surface area contributed by atoms with Crippen molar-refractivity contribution < 1.29 is 4.57 Å². The molecule has 38 heavy (non-hydrogen) atoms. The van der Waals surface area contributed by atoms with Gasteiger partial charge in [-0.2, -0.15) is 0 Å². The molecule has 0 bridgehead atoms. The third kappa shape index (κ3) is 4.58. The summed E-state index contributed by atoms with van der Waals surface area (Å²) >= 11 is 0. The molecule has 0 N–H and O–H groups in total. The molecule has 3 aromatic heterocycles. The maximum absolute atomic E-state index is 15.1. The standard InChI is InChI=1S/C33H24N3OP/c37-38(31-7-1-25(2-8-31)28-13-19-34-20-14-28,32-9-3-26(4-10-32)29-15-21-35-22-16-29)33-11-5-27(6-12-33)30-17-23-36-24-18-30/h1-24H. The van der Waals surface area contributed by atoms with Gasteiger partial charge in [0.2, 0.25) is 0 Å². The van der Waals surface area contributed by atoms with E-state index in [4.69, 9.17) is 0 Å². The maximum atomic E-state index is 15.1. The van der Waals surface area contributed by atoms with Crippen LogP contribution >= 0.6 is 7.14 Å². The van der Waals surface area contributed by atoms with Gasteiger partial charge in [0.1, 0.15) is 0 Å². The highest BCUT2D eigenvalue weighted by atomic mass is 31.2. The van der Waals surface area contributed by atoms with Crippen LogP contribution in [0.15, 0.2) is 146 Å². The number of rotatable bonds is 6. The van der Waals surface area contributed by atoms with E-state index >= 15 is 4.57 Å². The van der Waals surface area contributed by atoms with Crippen LogP contribution in [0.25, 0.3) is 33.4 Å². The van der Waals surface area contributed by atoms with Gasteiger partial charge in [0.05, 0.1) is 0 Å². The molecule has 6 aromatic rings. The van der Waals surface area contributed by atoms with E-state index in [-0.39, 0.29) is 0 Å². The molecule has 5 heteroatoms. The zero-order valence-electron chi connectivity index (χ0n) is 20.6. The third-order valence-corrected chi connectivity index (χ3v) is 9.81. The summed E-state index contributed by atoms with van der Waals surface area (Å²) in [6.07, 6.45) is 10.7. The molecule has 3 aromatic carbocycles. The van der Waals surface area contributed by atoms with Gasteiger partial charge in [0.15, 0.2) is 7.14 Å². The maximum Gasteiger partial charge on any atom is 0.171 e. The average molecular weight is 510 g/mol. The fraction of sp³-hybridized carbons (Fsp3) is 0. The Labute approximate surface area is 222 Å². The minimum atomic E-state index is -3.15. The summed E-state index contributed by atoms with van der Waals surface area (Å²) in [7, 11) is -3.15. The number of pyridine rings is 3. The molecule has 3 heterocycles. The van der Waals surface area contributed by atoms with Crippen molar-refractivity contribution in [1.82, 2.24) is 15.0 Å². The number of aromatic nitrogens is 3. The molecule has 0 radical (unpaired) electrons. The summed E-state index contributed by atoms with van der Waals surface area (Å²) in [6, 6.07) is 36.0. The topological polar surface area (TPSA) is 55.7 Å². The lowest BCUT2D eigenvalue weighted by atomic mass is 10.1. The molecule has 0 aliphatic carbocycles. The van der Waals surface area contributed by atoms with Crippen molar-refractivity contribution in [2.75, 3.05) is 0 Å². The largest absolute Gasteiger partial charge is 0.309 e. The lowest BCUT2D eigenvalue weighted by Gasteiger charge is -2.21. The number of hydrogen-bond acceptors (Lipinski definition) is 4. The van der Waals surface area contributed by atoms with E-state index in [0.29, 0.717) is 0 Å². The quantitative estimate of drug-likeness (QED) is 0.240. The number of nitrogens with zero attached hydrogens (tertiary/aromatic N) is 3. The van der Waals surface area contributed by atoms with Gasteiger partial charge in [-0.15, -0.1) is 0 Å². The molecular formula is C33H24N3OP. The summed E-state index contributed by atoms with van der Waals surface area (Å²) in [5.41, 5.74) is 6.40. The van der Waals surface area contributed by atoms with Gasteiger partial charge in [-0.25, -0.2) is 0 Å². The van der Waals surface area contributed by atoms with Crippen molar-refractivity contribution in [2.45, 2.75) is 0 Å². The Morgan fingerprint density at radius 1 is 0.316 bits per heavy atom. The van der Waals surface area contributed by atoms with Gasteiger partial charge < -0.3 is 4.57 Å². The second kappa shape index (κ2) is 10.4. The van der Waals surface area contributed by atoms with Crippen LogP contribution < -0.4 is 15.9 Å². The summed E-state index contributed by atoms with van der Waals surface area (Å²) in [6.45, 7) is 0.